The van der Waals surface area contributed by atoms with Gasteiger partial charge in [0.1, 0.15) is 16.7 Å². The van der Waals surface area contributed by atoms with E-state index < -0.39 is 0 Å². The first-order valence-electron chi connectivity index (χ1n) is 4.77. The van der Waals surface area contributed by atoms with Crippen molar-refractivity contribution >= 4 is 5.69 Å². The third kappa shape index (κ3) is 1.43. The average molecular weight is 236 g/mol. The van der Waals surface area contributed by atoms with Gasteiger partial charge >= 0.3 is 0 Å². The van der Waals surface area contributed by atoms with Crippen LogP contribution in [-0.4, -0.2) is 29.4 Å². The van der Waals surface area contributed by atoms with Gasteiger partial charge in [-0.15, -0.1) is 5.10 Å². The number of nitrogens with two attached hydrogens (primary N) is 1. The number of rotatable bonds is 2. The molecule has 0 aromatic rings. The number of methoxy groups -OCH3 is 2. The van der Waals surface area contributed by atoms with Crippen LogP contribution >= 0.6 is 0 Å². The van der Waals surface area contributed by atoms with Crippen molar-refractivity contribution < 1.29 is 14.7 Å². The molecule has 2 rings (SSSR count). The van der Waals surface area contributed by atoms with Crippen molar-refractivity contribution in [1.29, 1.82) is 5.41 Å². The summed E-state index contributed by atoms with van der Waals surface area (Å²) in [7, 11) is 2.84. The quantitative estimate of drug-likeness (QED) is 0.513. The molecule has 1 aliphatic carbocycles. The van der Waals surface area contributed by atoms with E-state index in [2.05, 4.69) is 5.10 Å². The third-order valence-corrected chi connectivity index (χ3v) is 2.48. The molecule has 0 saturated carbocycles. The van der Waals surface area contributed by atoms with Gasteiger partial charge in [-0.25, -0.2) is 0 Å². The van der Waals surface area contributed by atoms with Crippen LogP contribution in [0.1, 0.15) is 0 Å². The Bertz CT molecular complexity index is 593. The maximum absolute atomic E-state index is 9.61. The van der Waals surface area contributed by atoms with E-state index in [1.165, 1.54) is 20.4 Å². The Balaban J connectivity index is 2.99. The Kier molecular flexibility index (Phi) is 2.51. The number of benzene rings is 1. The highest BCUT2D eigenvalue weighted by Gasteiger charge is 2.23. The molecule has 0 aromatic carbocycles. The number of nitrogens with zero attached hydrogens (tertiary/aromatic N) is 2. The van der Waals surface area contributed by atoms with Gasteiger partial charge in [0, 0.05) is 5.56 Å². The minimum atomic E-state index is 0.0822. The summed E-state index contributed by atoms with van der Waals surface area (Å²) in [6, 6.07) is 1.57. The predicted molar refractivity (Wildman–Crippen MR) is 59.4 cm³/mol. The Morgan fingerprint density at radius 3 is 2.59 bits per heavy atom. The molecule has 0 spiro atoms. The Labute approximate surface area is 96.8 Å². The number of nitrogen functional groups attached to an aromatic ring is 1. The van der Waals surface area contributed by atoms with Crippen molar-refractivity contribution in [2.75, 3.05) is 20.0 Å². The molecular formula is C10H12N4O3. The number of nitrogens with one attached hydrogen (secondary N) is 1. The highest BCUT2D eigenvalue weighted by atomic mass is 16.5. The van der Waals surface area contributed by atoms with Crippen LogP contribution in [0, 0.1) is 5.41 Å². The highest BCUT2D eigenvalue weighted by Crippen LogP contribution is 2.38. The Morgan fingerprint density at radius 2 is 2.00 bits per heavy atom. The summed E-state index contributed by atoms with van der Waals surface area (Å²) in [6.45, 7) is 0. The molecule has 2 aliphatic rings. The van der Waals surface area contributed by atoms with Crippen LogP contribution < -0.4 is 20.6 Å². The molecule has 1 aliphatic heterocycles. The van der Waals surface area contributed by atoms with Gasteiger partial charge in [0.25, 0.3) is 0 Å². The van der Waals surface area contributed by atoms with E-state index in [1.807, 2.05) is 0 Å². The molecular weight excluding hydrogens is 224 g/mol. The first kappa shape index (κ1) is 11.1. The van der Waals surface area contributed by atoms with Crippen LogP contribution in [0.2, 0.25) is 0 Å². The third-order valence-electron chi connectivity index (χ3n) is 2.48. The SMILES string of the molecule is COc1c(N)c2n(O)nccc-2c(=N)c1OC. The predicted octanol–water partition coefficient (Wildman–Crippen LogP) is 0.304. The molecule has 0 aromatic heterocycles. The van der Waals surface area contributed by atoms with Crippen LogP contribution in [0.5, 0.6) is 11.5 Å². The van der Waals surface area contributed by atoms with Gasteiger partial charge < -0.3 is 20.4 Å². The number of fused-ring (bicyclic) bond motifs is 1. The number of anilines is 1. The fraction of sp³-hybridized carbons (Fsp3) is 0.200. The van der Waals surface area contributed by atoms with E-state index in [4.69, 9.17) is 20.6 Å². The molecule has 7 nitrogen and oxygen atoms in total. The normalized spacial score (nSPS) is 10.5. The fourth-order valence-corrected chi connectivity index (χ4v) is 1.73. The number of ether oxygens (including phenoxy) is 2. The zero-order chi connectivity index (χ0) is 12.6. The van der Waals surface area contributed by atoms with E-state index in [0.717, 1.165) is 0 Å². The first-order chi connectivity index (χ1) is 8.11. The smallest absolute Gasteiger partial charge is 0.188 e. The van der Waals surface area contributed by atoms with Gasteiger partial charge in [-0.2, -0.15) is 0 Å². The van der Waals surface area contributed by atoms with Gasteiger partial charge in [0.15, 0.2) is 11.5 Å². The van der Waals surface area contributed by atoms with Crippen molar-refractivity contribution in [3.63, 3.8) is 0 Å². The van der Waals surface area contributed by atoms with Crippen LogP contribution in [0.15, 0.2) is 12.3 Å². The van der Waals surface area contributed by atoms with Crippen molar-refractivity contribution in [2.45, 2.75) is 0 Å². The summed E-state index contributed by atoms with van der Waals surface area (Å²) >= 11 is 0. The van der Waals surface area contributed by atoms with Crippen LogP contribution in [0.25, 0.3) is 11.3 Å². The molecule has 4 N–H and O–H groups in total. The molecule has 90 valence electrons. The monoisotopic (exact) mass is 236 g/mol. The van der Waals surface area contributed by atoms with E-state index >= 15 is 0 Å². The summed E-state index contributed by atoms with van der Waals surface area (Å²) in [5, 5.41) is 21.3. The summed E-state index contributed by atoms with van der Waals surface area (Å²) in [5.41, 5.74) is 6.68. The zero-order valence-electron chi connectivity index (χ0n) is 9.39. The van der Waals surface area contributed by atoms with Gasteiger partial charge in [-0.3, -0.25) is 5.41 Å². The Hall–Kier alpha value is -2.44. The molecule has 7 heteroatoms. The van der Waals surface area contributed by atoms with Gasteiger partial charge in [-0.05, 0) is 6.07 Å². The van der Waals surface area contributed by atoms with Crippen LogP contribution in [-0.2, 0) is 0 Å². The number of hydrogen-bond acceptors (Lipinski definition) is 6. The second-order valence-electron chi connectivity index (χ2n) is 3.34. The largest absolute Gasteiger partial charge is 0.491 e. The lowest BCUT2D eigenvalue weighted by Crippen LogP contribution is -2.18. The minimum Gasteiger partial charge on any atom is -0.491 e. The van der Waals surface area contributed by atoms with Crippen LogP contribution in [0.3, 0.4) is 0 Å². The average Bonchev–Trinajstić information content (AvgIpc) is 2.33. The molecule has 0 saturated heterocycles. The summed E-state index contributed by atoms with van der Waals surface area (Å²) in [6.07, 6.45) is 1.37. The lowest BCUT2D eigenvalue weighted by Gasteiger charge is -2.17. The summed E-state index contributed by atoms with van der Waals surface area (Å²) < 4.78 is 10.2. The molecule has 0 bridgehead atoms. The van der Waals surface area contributed by atoms with E-state index in [-0.39, 0.29) is 28.2 Å². The van der Waals surface area contributed by atoms with Gasteiger partial charge in [0.2, 0.25) is 0 Å². The topological polar surface area (TPSA) is 106 Å². The second kappa shape index (κ2) is 3.85. The highest BCUT2D eigenvalue weighted by molar-refractivity contribution is 5.82. The molecule has 0 atom stereocenters. The minimum absolute atomic E-state index is 0.0822. The van der Waals surface area contributed by atoms with Crippen molar-refractivity contribution in [3.8, 4) is 22.8 Å². The maximum atomic E-state index is 9.61. The molecule has 0 fully saturated rings. The molecule has 0 amide bonds. The molecule has 17 heavy (non-hydrogen) atoms. The fourth-order valence-electron chi connectivity index (χ4n) is 1.73. The Morgan fingerprint density at radius 1 is 1.35 bits per heavy atom. The molecule has 0 unspecified atom stereocenters. The molecule has 1 heterocycles. The lowest BCUT2D eigenvalue weighted by molar-refractivity contribution is 0.149. The van der Waals surface area contributed by atoms with Gasteiger partial charge in [-0.1, -0.05) is 4.85 Å². The zero-order valence-corrected chi connectivity index (χ0v) is 9.39. The van der Waals surface area contributed by atoms with E-state index in [1.54, 1.807) is 6.07 Å². The summed E-state index contributed by atoms with van der Waals surface area (Å²) in [4.78, 5) is 0.616. The van der Waals surface area contributed by atoms with E-state index in [9.17, 15) is 5.21 Å². The maximum Gasteiger partial charge on any atom is 0.188 e. The van der Waals surface area contributed by atoms with E-state index in [0.29, 0.717) is 10.4 Å². The first-order valence-corrected chi connectivity index (χ1v) is 4.77. The molecule has 0 radical (unpaired) electrons. The number of aromatic nitrogens is 2. The van der Waals surface area contributed by atoms with Crippen molar-refractivity contribution in [2.24, 2.45) is 0 Å². The summed E-state index contributed by atoms with van der Waals surface area (Å²) in [5.74, 6) is 0.435. The lowest BCUT2D eigenvalue weighted by atomic mass is 10.1. The van der Waals surface area contributed by atoms with Crippen molar-refractivity contribution in [1.82, 2.24) is 9.94 Å². The van der Waals surface area contributed by atoms with Crippen molar-refractivity contribution in [3.05, 3.63) is 17.6 Å². The second-order valence-corrected chi connectivity index (χ2v) is 3.34. The standard InChI is InChI=1S/C10H12N4O3/c1-16-9-6(11)5-3-4-13-14(15)8(5)7(12)10(9)17-2/h3-4,11,15H,12H2,1-2H3. The van der Waals surface area contributed by atoms with Gasteiger partial charge in [0.05, 0.1) is 20.4 Å². The van der Waals surface area contributed by atoms with Crippen LogP contribution in [0.4, 0.5) is 5.69 Å². The number of hydrogen-bond donors (Lipinski definition) is 3.